The van der Waals surface area contributed by atoms with Gasteiger partial charge in [-0.2, -0.15) is 5.10 Å². The van der Waals surface area contributed by atoms with Gasteiger partial charge in [-0.15, -0.1) is 0 Å². The minimum atomic E-state index is -0.309. The van der Waals surface area contributed by atoms with Gasteiger partial charge in [0.2, 0.25) is 0 Å². The van der Waals surface area contributed by atoms with Crippen LogP contribution in [0.4, 0.5) is 0 Å². The third-order valence-corrected chi connectivity index (χ3v) is 2.56. The van der Waals surface area contributed by atoms with Crippen molar-refractivity contribution in [2.75, 3.05) is 0 Å². The Morgan fingerprint density at radius 3 is 2.75 bits per heavy atom. The number of carbonyl (C=O) groups excluding carboxylic acids is 1. The molecule has 0 amide bonds. The Kier molecular flexibility index (Phi) is 4.68. The number of rotatable bonds is 6. The van der Waals surface area contributed by atoms with Gasteiger partial charge >= 0.3 is 0 Å². The Bertz CT molecular complexity index is 344. The van der Waals surface area contributed by atoms with Crippen LogP contribution in [0.2, 0.25) is 0 Å². The Balaban J connectivity index is 2.35. The van der Waals surface area contributed by atoms with Gasteiger partial charge in [0.1, 0.15) is 5.78 Å². The van der Waals surface area contributed by atoms with Crippen molar-refractivity contribution in [3.63, 3.8) is 0 Å². The number of carbonyl (C=O) groups is 1. The molecule has 0 radical (unpaired) electrons. The number of Topliss-reactive ketones (excluding diaryl/α,β-unsaturated/α-hetero) is 1. The summed E-state index contributed by atoms with van der Waals surface area (Å²) in [4.78, 5) is 11.7. The van der Waals surface area contributed by atoms with E-state index < -0.39 is 0 Å². The van der Waals surface area contributed by atoms with E-state index in [9.17, 15) is 4.79 Å². The van der Waals surface area contributed by atoms with E-state index in [-0.39, 0.29) is 11.8 Å². The zero-order valence-electron chi connectivity index (χ0n) is 10.3. The van der Waals surface area contributed by atoms with Crippen molar-refractivity contribution < 1.29 is 4.79 Å². The van der Waals surface area contributed by atoms with Gasteiger partial charge in [-0.25, -0.2) is 0 Å². The topological polar surface area (TPSA) is 60.9 Å². The predicted octanol–water partition coefficient (Wildman–Crippen LogP) is 1.30. The predicted molar refractivity (Wildman–Crippen MR) is 64.0 cm³/mol. The van der Waals surface area contributed by atoms with Gasteiger partial charge in [-0.05, 0) is 24.3 Å². The number of ketones is 1. The summed E-state index contributed by atoms with van der Waals surface area (Å²) in [7, 11) is 1.87. The van der Waals surface area contributed by atoms with Crippen LogP contribution < -0.4 is 5.73 Å². The quantitative estimate of drug-likeness (QED) is 0.790. The zero-order chi connectivity index (χ0) is 12.1. The van der Waals surface area contributed by atoms with Crippen LogP contribution in [-0.2, 0) is 18.3 Å². The van der Waals surface area contributed by atoms with Crippen LogP contribution in [0.15, 0.2) is 12.4 Å². The standard InChI is InChI=1S/C12H21N3O/c1-9(2)6-11(13)12(16)5-4-10-7-14-15(3)8-10/h7-9,11H,4-6,13H2,1-3H3. The van der Waals surface area contributed by atoms with E-state index in [1.165, 1.54) is 0 Å². The summed E-state index contributed by atoms with van der Waals surface area (Å²) in [5, 5.41) is 4.06. The first-order valence-corrected chi connectivity index (χ1v) is 5.75. The number of hydrogen-bond donors (Lipinski definition) is 1. The number of hydrogen-bond acceptors (Lipinski definition) is 3. The van der Waals surface area contributed by atoms with Gasteiger partial charge in [-0.3, -0.25) is 9.48 Å². The van der Waals surface area contributed by atoms with Crippen molar-refractivity contribution in [1.29, 1.82) is 0 Å². The normalized spacial score (nSPS) is 13.1. The molecule has 0 bridgehead atoms. The third kappa shape index (κ3) is 4.14. The van der Waals surface area contributed by atoms with E-state index in [4.69, 9.17) is 5.73 Å². The second-order valence-electron chi connectivity index (χ2n) is 4.72. The molecule has 0 aliphatic heterocycles. The first-order chi connectivity index (χ1) is 7.49. The number of aromatic nitrogens is 2. The van der Waals surface area contributed by atoms with E-state index in [2.05, 4.69) is 18.9 Å². The highest BCUT2D eigenvalue weighted by Gasteiger charge is 2.14. The van der Waals surface area contributed by atoms with Crippen LogP contribution in [0.5, 0.6) is 0 Å². The summed E-state index contributed by atoms with van der Waals surface area (Å²) in [6, 6.07) is -0.309. The van der Waals surface area contributed by atoms with E-state index in [0.29, 0.717) is 12.3 Å². The molecule has 1 rings (SSSR count). The highest BCUT2D eigenvalue weighted by atomic mass is 16.1. The van der Waals surface area contributed by atoms with Gasteiger partial charge in [-0.1, -0.05) is 13.8 Å². The van der Waals surface area contributed by atoms with E-state index in [1.54, 1.807) is 10.9 Å². The molecule has 4 heteroatoms. The SMILES string of the molecule is CC(C)CC(N)C(=O)CCc1cnn(C)c1. The van der Waals surface area contributed by atoms with Gasteiger partial charge in [0.15, 0.2) is 0 Å². The fraction of sp³-hybridized carbons (Fsp3) is 0.667. The van der Waals surface area contributed by atoms with Crippen LogP contribution >= 0.6 is 0 Å². The molecule has 1 unspecified atom stereocenters. The van der Waals surface area contributed by atoms with Crippen molar-refractivity contribution in [3.8, 4) is 0 Å². The summed E-state index contributed by atoms with van der Waals surface area (Å²) in [5.74, 6) is 0.620. The average Bonchev–Trinajstić information content (AvgIpc) is 2.59. The third-order valence-electron chi connectivity index (χ3n) is 2.56. The molecule has 0 saturated carbocycles. The second-order valence-corrected chi connectivity index (χ2v) is 4.72. The molecular formula is C12H21N3O. The summed E-state index contributed by atoms with van der Waals surface area (Å²) in [6.07, 6.45) is 5.74. The fourth-order valence-corrected chi connectivity index (χ4v) is 1.69. The summed E-state index contributed by atoms with van der Waals surface area (Å²) in [6.45, 7) is 4.16. The molecule has 0 fully saturated rings. The van der Waals surface area contributed by atoms with Crippen molar-refractivity contribution in [3.05, 3.63) is 18.0 Å². The fourth-order valence-electron chi connectivity index (χ4n) is 1.69. The first kappa shape index (κ1) is 12.9. The average molecular weight is 223 g/mol. The maximum absolute atomic E-state index is 11.7. The van der Waals surface area contributed by atoms with Crippen molar-refractivity contribution >= 4 is 5.78 Å². The molecule has 2 N–H and O–H groups in total. The van der Waals surface area contributed by atoms with Gasteiger partial charge in [0.05, 0.1) is 12.2 Å². The number of aryl methyl sites for hydroxylation is 2. The molecule has 16 heavy (non-hydrogen) atoms. The molecule has 1 aromatic rings. The van der Waals surface area contributed by atoms with Crippen LogP contribution in [0.25, 0.3) is 0 Å². The van der Waals surface area contributed by atoms with Gasteiger partial charge in [0, 0.05) is 19.7 Å². The molecule has 1 heterocycles. The Morgan fingerprint density at radius 1 is 1.56 bits per heavy atom. The summed E-state index contributed by atoms with van der Waals surface area (Å²) < 4.78 is 1.74. The highest BCUT2D eigenvalue weighted by Crippen LogP contribution is 2.08. The molecular weight excluding hydrogens is 202 g/mol. The van der Waals surface area contributed by atoms with E-state index in [0.717, 1.165) is 18.4 Å². The molecule has 0 aliphatic carbocycles. The van der Waals surface area contributed by atoms with E-state index >= 15 is 0 Å². The first-order valence-electron chi connectivity index (χ1n) is 5.75. The van der Waals surface area contributed by atoms with Crippen LogP contribution in [0.1, 0.15) is 32.3 Å². The lowest BCUT2D eigenvalue weighted by Crippen LogP contribution is -2.32. The Hall–Kier alpha value is -1.16. The van der Waals surface area contributed by atoms with Crippen molar-refractivity contribution in [1.82, 2.24) is 9.78 Å². The minimum Gasteiger partial charge on any atom is -0.322 e. The molecule has 0 aliphatic rings. The lowest BCUT2D eigenvalue weighted by atomic mass is 9.98. The molecule has 0 aromatic carbocycles. The monoisotopic (exact) mass is 223 g/mol. The van der Waals surface area contributed by atoms with Gasteiger partial charge in [0.25, 0.3) is 0 Å². The van der Waals surface area contributed by atoms with Crippen LogP contribution in [-0.4, -0.2) is 21.6 Å². The zero-order valence-corrected chi connectivity index (χ0v) is 10.3. The minimum absolute atomic E-state index is 0.151. The second kappa shape index (κ2) is 5.80. The van der Waals surface area contributed by atoms with Crippen LogP contribution in [0, 0.1) is 5.92 Å². The molecule has 4 nitrogen and oxygen atoms in total. The highest BCUT2D eigenvalue weighted by molar-refractivity contribution is 5.83. The summed E-state index contributed by atoms with van der Waals surface area (Å²) in [5.41, 5.74) is 6.91. The number of nitrogens with two attached hydrogens (primary N) is 1. The molecule has 1 atom stereocenters. The smallest absolute Gasteiger partial charge is 0.149 e. The molecule has 1 aromatic heterocycles. The van der Waals surface area contributed by atoms with Crippen molar-refractivity contribution in [2.45, 2.75) is 39.2 Å². The summed E-state index contributed by atoms with van der Waals surface area (Å²) >= 11 is 0. The lowest BCUT2D eigenvalue weighted by molar-refractivity contribution is -0.120. The van der Waals surface area contributed by atoms with E-state index in [1.807, 2.05) is 13.2 Å². The Labute approximate surface area is 96.8 Å². The lowest BCUT2D eigenvalue weighted by Gasteiger charge is -2.12. The molecule has 90 valence electrons. The molecule has 0 spiro atoms. The molecule has 0 saturated heterocycles. The maximum Gasteiger partial charge on any atom is 0.149 e. The maximum atomic E-state index is 11.7. The van der Waals surface area contributed by atoms with Crippen LogP contribution in [0.3, 0.4) is 0 Å². The Morgan fingerprint density at radius 2 is 2.25 bits per heavy atom. The van der Waals surface area contributed by atoms with Gasteiger partial charge < -0.3 is 5.73 Å². The number of nitrogens with zero attached hydrogens (tertiary/aromatic N) is 2. The van der Waals surface area contributed by atoms with Crippen molar-refractivity contribution in [2.24, 2.45) is 18.7 Å². The largest absolute Gasteiger partial charge is 0.322 e.